The van der Waals surface area contributed by atoms with Gasteiger partial charge in [-0.3, -0.25) is 4.79 Å². The van der Waals surface area contributed by atoms with Crippen LogP contribution in [-0.2, 0) is 12.0 Å². The topological polar surface area (TPSA) is 98.2 Å². The van der Waals surface area contributed by atoms with Crippen molar-refractivity contribution >= 4 is 40.1 Å². The van der Waals surface area contributed by atoms with E-state index in [1.807, 2.05) is 66.7 Å². The van der Waals surface area contributed by atoms with Gasteiger partial charge in [0.15, 0.2) is 5.65 Å². The highest BCUT2D eigenvalue weighted by atomic mass is 16.1. The van der Waals surface area contributed by atoms with Crippen LogP contribution in [0.3, 0.4) is 0 Å². The van der Waals surface area contributed by atoms with E-state index in [1.54, 1.807) is 6.21 Å². The minimum Gasteiger partial charge on any atom is -0.383 e. The molecule has 180 valence electrons. The number of nitrogens with two attached hydrogens (primary N) is 1. The quantitative estimate of drug-likeness (QED) is 0.337. The van der Waals surface area contributed by atoms with Gasteiger partial charge in [0, 0.05) is 6.54 Å². The molecular weight excluding hydrogens is 448 g/mol. The maximum absolute atomic E-state index is 13.3. The Hall–Kier alpha value is -4.52. The number of fused-ring (bicyclic) bond motifs is 2. The van der Waals surface area contributed by atoms with Crippen molar-refractivity contribution in [1.82, 2.24) is 20.0 Å². The molecular formula is C29H28N6O. The van der Waals surface area contributed by atoms with Crippen LogP contribution in [0.2, 0.25) is 0 Å². The van der Waals surface area contributed by atoms with Crippen LogP contribution in [0.15, 0.2) is 84.0 Å². The average molecular weight is 477 g/mol. The van der Waals surface area contributed by atoms with Gasteiger partial charge in [-0.25, -0.2) is 9.97 Å². The standard InChI is InChI=1S/C29H28N6O/c1-29(2,3)21-15-13-20(14-16-21)18-32-35-26(30)24(28(36)31-17-19-9-5-4-6-10-19)25-27(35)34-23-12-8-7-11-22(23)33-25/h4-16,18H,17,30H2,1-3H3,(H,31,36)/b32-18-. The molecule has 0 bridgehead atoms. The summed E-state index contributed by atoms with van der Waals surface area (Å²) in [5.74, 6) is -0.136. The number of nitrogens with zero attached hydrogens (tertiary/aromatic N) is 4. The fourth-order valence-electron chi connectivity index (χ4n) is 4.05. The zero-order chi connectivity index (χ0) is 25.3. The number of para-hydroxylation sites is 2. The van der Waals surface area contributed by atoms with E-state index in [0.29, 0.717) is 28.7 Å². The van der Waals surface area contributed by atoms with Crippen molar-refractivity contribution in [1.29, 1.82) is 0 Å². The maximum atomic E-state index is 13.3. The number of carbonyl (C=O) groups excluding carboxylic acids is 1. The first kappa shape index (κ1) is 23.2. The van der Waals surface area contributed by atoms with Gasteiger partial charge in [0.25, 0.3) is 5.91 Å². The highest BCUT2D eigenvalue weighted by Crippen LogP contribution is 2.28. The maximum Gasteiger partial charge on any atom is 0.257 e. The molecule has 5 aromatic rings. The predicted octanol–water partition coefficient (Wildman–Crippen LogP) is 5.28. The van der Waals surface area contributed by atoms with E-state index in [0.717, 1.165) is 11.1 Å². The van der Waals surface area contributed by atoms with Gasteiger partial charge in [-0.2, -0.15) is 9.78 Å². The van der Waals surface area contributed by atoms with E-state index in [2.05, 4.69) is 43.3 Å². The molecule has 0 unspecified atom stereocenters. The summed E-state index contributed by atoms with van der Waals surface area (Å²) in [4.78, 5) is 22.8. The molecule has 36 heavy (non-hydrogen) atoms. The number of benzene rings is 3. The van der Waals surface area contributed by atoms with Crippen molar-refractivity contribution < 1.29 is 4.79 Å². The molecule has 3 aromatic carbocycles. The second kappa shape index (κ2) is 9.26. The van der Waals surface area contributed by atoms with Crippen LogP contribution in [-0.4, -0.2) is 26.8 Å². The minimum absolute atomic E-state index is 0.0649. The largest absolute Gasteiger partial charge is 0.383 e. The lowest BCUT2D eigenvalue weighted by Crippen LogP contribution is -2.23. The second-order valence-electron chi connectivity index (χ2n) is 9.74. The molecule has 0 saturated carbocycles. The first-order valence-corrected chi connectivity index (χ1v) is 11.8. The third kappa shape index (κ3) is 4.55. The van der Waals surface area contributed by atoms with Crippen LogP contribution >= 0.6 is 0 Å². The van der Waals surface area contributed by atoms with Crippen molar-refractivity contribution in [3.05, 3.63) is 101 Å². The Morgan fingerprint density at radius 3 is 2.25 bits per heavy atom. The smallest absolute Gasteiger partial charge is 0.257 e. The summed E-state index contributed by atoms with van der Waals surface area (Å²) in [6.07, 6.45) is 1.71. The number of rotatable bonds is 5. The van der Waals surface area contributed by atoms with Crippen LogP contribution < -0.4 is 11.1 Å². The van der Waals surface area contributed by atoms with Crippen LogP contribution in [0.25, 0.3) is 22.2 Å². The summed E-state index contributed by atoms with van der Waals surface area (Å²) in [5, 5.41) is 7.56. The molecule has 0 atom stereocenters. The highest BCUT2D eigenvalue weighted by molar-refractivity contribution is 6.10. The zero-order valence-electron chi connectivity index (χ0n) is 20.6. The summed E-state index contributed by atoms with van der Waals surface area (Å²) in [6, 6.07) is 25.4. The molecule has 2 aromatic heterocycles. The fraction of sp³-hybridized carbons (Fsp3) is 0.172. The molecule has 3 N–H and O–H groups in total. The Kier molecular flexibility index (Phi) is 5.98. The molecule has 0 radical (unpaired) electrons. The first-order valence-electron chi connectivity index (χ1n) is 11.8. The van der Waals surface area contributed by atoms with Crippen molar-refractivity contribution in [2.45, 2.75) is 32.7 Å². The Labute approximate surface area is 209 Å². The molecule has 0 spiro atoms. The minimum atomic E-state index is -0.325. The van der Waals surface area contributed by atoms with Crippen LogP contribution in [0, 0.1) is 0 Å². The lowest BCUT2D eigenvalue weighted by Gasteiger charge is -2.18. The molecule has 1 amide bonds. The fourth-order valence-corrected chi connectivity index (χ4v) is 4.05. The van der Waals surface area contributed by atoms with E-state index in [1.165, 1.54) is 10.2 Å². The number of nitrogens with one attached hydrogen (secondary N) is 1. The molecule has 0 aliphatic heterocycles. The van der Waals surface area contributed by atoms with E-state index in [4.69, 9.17) is 15.7 Å². The lowest BCUT2D eigenvalue weighted by molar-refractivity contribution is 0.0953. The lowest BCUT2D eigenvalue weighted by atomic mass is 9.87. The van der Waals surface area contributed by atoms with Crippen molar-refractivity contribution in [2.75, 3.05) is 5.73 Å². The van der Waals surface area contributed by atoms with Crippen molar-refractivity contribution in [3.63, 3.8) is 0 Å². The number of amides is 1. The van der Waals surface area contributed by atoms with E-state index in [9.17, 15) is 4.79 Å². The first-order chi connectivity index (χ1) is 17.3. The summed E-state index contributed by atoms with van der Waals surface area (Å²) < 4.78 is 1.49. The van der Waals surface area contributed by atoms with Gasteiger partial charge in [-0.1, -0.05) is 87.5 Å². The van der Waals surface area contributed by atoms with E-state index >= 15 is 0 Å². The Bertz CT molecular complexity index is 1580. The molecule has 2 heterocycles. The van der Waals surface area contributed by atoms with Crippen LogP contribution in [0.4, 0.5) is 5.82 Å². The summed E-state index contributed by atoms with van der Waals surface area (Å²) in [6.45, 7) is 6.90. The highest BCUT2D eigenvalue weighted by Gasteiger charge is 2.24. The van der Waals surface area contributed by atoms with Crippen molar-refractivity contribution in [2.24, 2.45) is 5.10 Å². The molecule has 7 nitrogen and oxygen atoms in total. The molecule has 0 aliphatic carbocycles. The summed E-state index contributed by atoms with van der Waals surface area (Å²) >= 11 is 0. The Morgan fingerprint density at radius 2 is 1.58 bits per heavy atom. The van der Waals surface area contributed by atoms with Gasteiger partial charge in [0.05, 0.1) is 17.2 Å². The second-order valence-corrected chi connectivity index (χ2v) is 9.74. The van der Waals surface area contributed by atoms with Crippen LogP contribution in [0.1, 0.15) is 47.8 Å². The number of hydrogen-bond donors (Lipinski definition) is 2. The monoisotopic (exact) mass is 476 g/mol. The number of nitrogen functional groups attached to an aromatic ring is 1. The predicted molar refractivity (Wildman–Crippen MR) is 145 cm³/mol. The summed E-state index contributed by atoms with van der Waals surface area (Å²) in [5.41, 5.74) is 12.2. The normalized spacial score (nSPS) is 12.0. The summed E-state index contributed by atoms with van der Waals surface area (Å²) in [7, 11) is 0. The van der Waals surface area contributed by atoms with Gasteiger partial charge in [0.1, 0.15) is 16.9 Å². The zero-order valence-corrected chi connectivity index (χ0v) is 20.6. The SMILES string of the molecule is CC(C)(C)c1ccc(/C=N\n2c(N)c(C(=O)NCc3ccccc3)c3nc4ccccc4nc32)cc1. The number of carbonyl (C=O) groups is 1. The van der Waals surface area contributed by atoms with Gasteiger partial charge in [-0.05, 0) is 34.2 Å². The molecule has 5 rings (SSSR count). The van der Waals surface area contributed by atoms with Gasteiger partial charge in [0.2, 0.25) is 0 Å². The van der Waals surface area contributed by atoms with Crippen molar-refractivity contribution in [3.8, 4) is 0 Å². The van der Waals surface area contributed by atoms with Gasteiger partial charge >= 0.3 is 0 Å². The van der Waals surface area contributed by atoms with Gasteiger partial charge < -0.3 is 11.1 Å². The van der Waals surface area contributed by atoms with Crippen LogP contribution in [0.5, 0.6) is 0 Å². The Balaban J connectivity index is 1.56. The third-order valence-electron chi connectivity index (χ3n) is 6.10. The molecule has 0 aliphatic rings. The molecule has 0 saturated heterocycles. The Morgan fingerprint density at radius 1 is 0.944 bits per heavy atom. The van der Waals surface area contributed by atoms with Gasteiger partial charge in [-0.15, -0.1) is 0 Å². The number of aromatic nitrogens is 3. The molecule has 0 fully saturated rings. The average Bonchev–Trinajstić information content (AvgIpc) is 3.15. The number of anilines is 1. The van der Waals surface area contributed by atoms with E-state index in [-0.39, 0.29) is 22.7 Å². The number of hydrogen-bond acceptors (Lipinski definition) is 5. The molecule has 7 heteroatoms. The van der Waals surface area contributed by atoms with E-state index < -0.39 is 0 Å². The third-order valence-corrected chi connectivity index (χ3v) is 6.10.